The molecule has 0 saturated carbocycles. The van der Waals surface area contributed by atoms with Gasteiger partial charge in [0.2, 0.25) is 5.91 Å². The Kier molecular flexibility index (Phi) is 42.0. The van der Waals surface area contributed by atoms with Gasteiger partial charge in [0.15, 0.2) is 0 Å². The van der Waals surface area contributed by atoms with Gasteiger partial charge in [-0.2, -0.15) is 0 Å². The van der Waals surface area contributed by atoms with E-state index in [-0.39, 0.29) is 18.0 Å². The van der Waals surface area contributed by atoms with Crippen LogP contribution in [-0.2, 0) is 19.1 Å². The summed E-state index contributed by atoms with van der Waals surface area (Å²) < 4.78 is 6.02. The Labute approximate surface area is 355 Å². The number of allylic oxidation sites excluding steroid dienone is 14. The molecule has 58 heavy (non-hydrogen) atoms. The van der Waals surface area contributed by atoms with Gasteiger partial charge in [-0.3, -0.25) is 9.59 Å². The average molecular weight is 807 g/mol. The fourth-order valence-corrected chi connectivity index (χ4v) is 6.45. The molecular weight excluding hydrogens is 721 g/mol. The Morgan fingerprint density at radius 3 is 1.53 bits per heavy atom. The summed E-state index contributed by atoms with van der Waals surface area (Å²) in [6.07, 6.45) is 59.2. The lowest BCUT2D eigenvalue weighted by Crippen LogP contribution is -2.40. The number of carbonyl (C=O) groups excluding carboxylic acids is 2. The van der Waals surface area contributed by atoms with Gasteiger partial charge in [0.1, 0.15) is 12.1 Å². The van der Waals surface area contributed by atoms with Crippen LogP contribution >= 0.6 is 0 Å². The molecule has 0 aliphatic rings. The van der Waals surface area contributed by atoms with Crippen molar-refractivity contribution in [1.82, 2.24) is 5.32 Å². The van der Waals surface area contributed by atoms with Crippen molar-refractivity contribution >= 4 is 17.8 Å². The van der Waals surface area contributed by atoms with Gasteiger partial charge in [-0.25, -0.2) is 4.79 Å². The molecule has 4 N–H and O–H groups in total. The standard InChI is InChI=1S/C51H86N2O5/c1-3-5-7-9-11-13-15-16-17-18-19-20-21-22-23-24-26-28-30-35-39-45-50(55)58-47(41-36-32-29-27-25-14-12-10-8-6-4-2)42-37-33-31-34-38-44-49(54)53-48(51(56)57)43-40-46-52/h5,7,11,13,16-17,19-20,22-23,26-29,47-48H,3-4,6,8-10,12,14-15,18,21,24-25,30-46,52H2,1-2H3,(H,53,54)(H,56,57)/b7-5-,13-11-,17-16-,20-19-,23-22-,28-26-,29-27-. The second-order valence-electron chi connectivity index (χ2n) is 15.4. The van der Waals surface area contributed by atoms with E-state index in [4.69, 9.17) is 10.5 Å². The van der Waals surface area contributed by atoms with Crippen molar-refractivity contribution < 1.29 is 24.2 Å². The fraction of sp³-hybridized carbons (Fsp3) is 0.667. The van der Waals surface area contributed by atoms with E-state index in [1.807, 2.05) is 0 Å². The lowest BCUT2D eigenvalue weighted by Gasteiger charge is -2.18. The highest BCUT2D eigenvalue weighted by atomic mass is 16.5. The molecule has 7 heteroatoms. The van der Waals surface area contributed by atoms with Crippen molar-refractivity contribution in [2.45, 2.75) is 212 Å². The molecule has 0 aliphatic carbocycles. The summed E-state index contributed by atoms with van der Waals surface area (Å²) in [7, 11) is 0. The Morgan fingerprint density at radius 2 is 0.966 bits per heavy atom. The van der Waals surface area contributed by atoms with Crippen LogP contribution in [0.3, 0.4) is 0 Å². The molecule has 0 rings (SSSR count). The molecule has 2 atom stereocenters. The molecule has 1 amide bonds. The normalized spacial score (nSPS) is 13.4. The van der Waals surface area contributed by atoms with Gasteiger partial charge < -0.3 is 20.9 Å². The SMILES string of the molecule is CC/C=C\C/C=C\C/C=C\C/C=C\C/C=C\C/C=C\CCCCC(=O)OC(CCC/C=C\CCCCCCCC)CCCCCCCC(=O)NC(CCCN)C(=O)O. The summed E-state index contributed by atoms with van der Waals surface area (Å²) in [5.74, 6) is -1.31. The molecule has 0 aromatic carbocycles. The maximum absolute atomic E-state index is 12.8. The molecular formula is C51H86N2O5. The minimum atomic E-state index is -1.01. The van der Waals surface area contributed by atoms with Crippen molar-refractivity contribution in [2.24, 2.45) is 5.73 Å². The molecule has 0 spiro atoms. The third-order valence-corrected chi connectivity index (χ3v) is 9.94. The molecule has 0 radical (unpaired) electrons. The van der Waals surface area contributed by atoms with E-state index in [0.717, 1.165) is 122 Å². The Balaban J connectivity index is 4.40. The molecule has 0 aliphatic heterocycles. The number of ether oxygens (including phenoxy) is 1. The van der Waals surface area contributed by atoms with Crippen LogP contribution in [0.1, 0.15) is 200 Å². The monoisotopic (exact) mass is 807 g/mol. The first-order valence-electron chi connectivity index (χ1n) is 23.4. The quantitative estimate of drug-likeness (QED) is 0.0322. The van der Waals surface area contributed by atoms with Crippen LogP contribution in [0, 0.1) is 0 Å². The topological polar surface area (TPSA) is 119 Å². The third kappa shape index (κ3) is 40.7. The van der Waals surface area contributed by atoms with Gasteiger partial charge in [-0.1, -0.05) is 150 Å². The predicted molar refractivity (Wildman–Crippen MR) is 248 cm³/mol. The number of amides is 1. The number of unbranched alkanes of at least 4 members (excludes halogenated alkanes) is 13. The summed E-state index contributed by atoms with van der Waals surface area (Å²) in [4.78, 5) is 36.4. The minimum Gasteiger partial charge on any atom is -0.480 e. The first-order chi connectivity index (χ1) is 28.4. The highest BCUT2D eigenvalue weighted by Crippen LogP contribution is 2.17. The number of carboxylic acid groups (broad SMARTS) is 1. The number of hydrogen-bond acceptors (Lipinski definition) is 5. The van der Waals surface area contributed by atoms with Gasteiger partial charge in [-0.05, 0) is 129 Å². The van der Waals surface area contributed by atoms with Gasteiger partial charge >= 0.3 is 11.9 Å². The van der Waals surface area contributed by atoms with Crippen LogP contribution in [0.5, 0.6) is 0 Å². The summed E-state index contributed by atoms with van der Waals surface area (Å²) in [5, 5.41) is 11.9. The van der Waals surface area contributed by atoms with Crippen molar-refractivity contribution in [3.8, 4) is 0 Å². The smallest absolute Gasteiger partial charge is 0.326 e. The largest absolute Gasteiger partial charge is 0.480 e. The maximum Gasteiger partial charge on any atom is 0.326 e. The predicted octanol–water partition coefficient (Wildman–Crippen LogP) is 13.7. The summed E-state index contributed by atoms with van der Waals surface area (Å²) in [5.41, 5.74) is 5.49. The Hall–Kier alpha value is -3.45. The van der Waals surface area contributed by atoms with E-state index < -0.39 is 12.0 Å². The first-order valence-corrected chi connectivity index (χ1v) is 23.4. The van der Waals surface area contributed by atoms with E-state index >= 15 is 0 Å². The zero-order valence-corrected chi connectivity index (χ0v) is 37.1. The number of nitrogens with two attached hydrogens (primary N) is 1. The molecule has 330 valence electrons. The van der Waals surface area contributed by atoms with Gasteiger partial charge in [0.05, 0.1) is 0 Å². The molecule has 0 saturated heterocycles. The zero-order chi connectivity index (χ0) is 42.4. The maximum atomic E-state index is 12.8. The summed E-state index contributed by atoms with van der Waals surface area (Å²) in [6, 6.07) is -0.867. The van der Waals surface area contributed by atoms with Crippen LogP contribution in [0.25, 0.3) is 0 Å². The van der Waals surface area contributed by atoms with E-state index in [1.54, 1.807) is 0 Å². The van der Waals surface area contributed by atoms with Crippen LogP contribution in [-0.4, -0.2) is 41.6 Å². The number of esters is 1. The van der Waals surface area contributed by atoms with E-state index in [9.17, 15) is 19.5 Å². The van der Waals surface area contributed by atoms with Crippen molar-refractivity contribution in [1.29, 1.82) is 0 Å². The lowest BCUT2D eigenvalue weighted by atomic mass is 10.0. The highest BCUT2D eigenvalue weighted by molar-refractivity contribution is 5.83. The minimum absolute atomic E-state index is 0.0462. The Morgan fingerprint density at radius 1 is 0.517 bits per heavy atom. The summed E-state index contributed by atoms with van der Waals surface area (Å²) in [6.45, 7) is 4.81. The number of carbonyl (C=O) groups is 3. The number of aliphatic carboxylic acids is 1. The molecule has 0 aromatic heterocycles. The highest BCUT2D eigenvalue weighted by Gasteiger charge is 2.19. The molecule has 0 aromatic rings. The lowest BCUT2D eigenvalue weighted by molar-refractivity contribution is -0.150. The van der Waals surface area contributed by atoms with Crippen molar-refractivity contribution in [2.75, 3.05) is 6.54 Å². The number of hydrogen-bond donors (Lipinski definition) is 3. The molecule has 0 bridgehead atoms. The van der Waals surface area contributed by atoms with E-state index in [1.165, 1.54) is 38.5 Å². The first kappa shape index (κ1) is 54.6. The van der Waals surface area contributed by atoms with Crippen LogP contribution in [0.2, 0.25) is 0 Å². The fourth-order valence-electron chi connectivity index (χ4n) is 6.45. The second kappa shape index (κ2) is 44.6. The second-order valence-corrected chi connectivity index (χ2v) is 15.4. The molecule has 2 unspecified atom stereocenters. The zero-order valence-electron chi connectivity index (χ0n) is 37.1. The van der Waals surface area contributed by atoms with Crippen LogP contribution < -0.4 is 11.1 Å². The molecule has 7 nitrogen and oxygen atoms in total. The van der Waals surface area contributed by atoms with Gasteiger partial charge in [-0.15, -0.1) is 0 Å². The third-order valence-electron chi connectivity index (χ3n) is 9.94. The Bertz CT molecular complexity index is 1180. The average Bonchev–Trinajstić information content (AvgIpc) is 3.21. The van der Waals surface area contributed by atoms with Crippen LogP contribution in [0.15, 0.2) is 85.1 Å². The number of rotatable bonds is 41. The van der Waals surface area contributed by atoms with E-state index in [0.29, 0.717) is 32.2 Å². The molecule has 0 fully saturated rings. The summed E-state index contributed by atoms with van der Waals surface area (Å²) >= 11 is 0. The number of carboxylic acids is 1. The van der Waals surface area contributed by atoms with Crippen molar-refractivity contribution in [3.63, 3.8) is 0 Å². The molecule has 0 heterocycles. The van der Waals surface area contributed by atoms with Crippen molar-refractivity contribution in [3.05, 3.63) is 85.1 Å². The van der Waals surface area contributed by atoms with Gasteiger partial charge in [0.25, 0.3) is 0 Å². The van der Waals surface area contributed by atoms with Crippen LogP contribution in [0.4, 0.5) is 0 Å². The van der Waals surface area contributed by atoms with E-state index in [2.05, 4.69) is 104 Å². The number of nitrogens with one attached hydrogen (secondary N) is 1. The van der Waals surface area contributed by atoms with Gasteiger partial charge in [0, 0.05) is 12.8 Å².